The van der Waals surface area contributed by atoms with Crippen LogP contribution in [0.4, 0.5) is 3.89 Å². The number of para-hydroxylation sites is 1. The van der Waals surface area contributed by atoms with Gasteiger partial charge in [0.15, 0.2) is 0 Å². The third-order valence-electron chi connectivity index (χ3n) is 7.19. The molecule has 0 aliphatic carbocycles. The maximum atomic E-state index is 13.6. The average molecular weight is 597 g/mol. The van der Waals surface area contributed by atoms with Crippen molar-refractivity contribution in [3.05, 3.63) is 89.2 Å². The van der Waals surface area contributed by atoms with Gasteiger partial charge < -0.3 is 14.2 Å². The van der Waals surface area contributed by atoms with Crippen LogP contribution in [0.25, 0.3) is 11.0 Å². The average Bonchev–Trinajstić information content (AvgIpc) is 3.34. The summed E-state index contributed by atoms with van der Waals surface area (Å²) in [5.74, 6) is 3.11. The van der Waals surface area contributed by atoms with Crippen LogP contribution in [0.3, 0.4) is 0 Å². The number of rotatable bonds is 7. The van der Waals surface area contributed by atoms with Crippen molar-refractivity contribution in [1.29, 1.82) is 0 Å². The highest BCUT2D eigenvalue weighted by atomic mass is 35.5. The highest BCUT2D eigenvalue weighted by Gasteiger charge is 2.29. The Labute approximate surface area is 245 Å². The lowest BCUT2D eigenvalue weighted by Crippen LogP contribution is -2.53. The predicted octanol–water partition coefficient (Wildman–Crippen LogP) is 4.50. The van der Waals surface area contributed by atoms with Gasteiger partial charge in [-0.2, -0.15) is 8.42 Å². The number of fused-ring (bicyclic) bond motifs is 1. The maximum Gasteiger partial charge on any atom is 0.332 e. The fourth-order valence-corrected chi connectivity index (χ4v) is 5.78. The zero-order valence-corrected chi connectivity index (χ0v) is 24.3. The van der Waals surface area contributed by atoms with E-state index in [1.807, 2.05) is 58.9 Å². The van der Waals surface area contributed by atoms with E-state index >= 15 is 0 Å². The van der Waals surface area contributed by atoms with Crippen LogP contribution in [0.5, 0.6) is 5.75 Å². The van der Waals surface area contributed by atoms with Gasteiger partial charge in [-0.1, -0.05) is 24.1 Å². The highest BCUT2D eigenvalue weighted by Crippen LogP contribution is 2.24. The molecule has 5 rings (SSSR count). The second-order valence-electron chi connectivity index (χ2n) is 9.92. The second-order valence-corrected chi connectivity index (χ2v) is 11.3. The first-order valence-electron chi connectivity index (χ1n) is 12.8. The number of amides is 1. The number of carbonyl (C=O) groups excluding carboxylic acids is 1. The zero-order chi connectivity index (χ0) is 28.4. The third kappa shape index (κ3) is 6.54. The molecular weight excluding hydrogens is 567 g/mol. The van der Waals surface area contributed by atoms with Gasteiger partial charge in [0, 0.05) is 48.9 Å². The van der Waals surface area contributed by atoms with E-state index in [9.17, 15) is 17.1 Å². The lowest BCUT2D eigenvalue weighted by molar-refractivity contribution is 0.0475. The molecule has 0 radical (unpaired) electrons. The molecule has 0 unspecified atom stereocenters. The summed E-state index contributed by atoms with van der Waals surface area (Å²) in [7, 11) is -3.22. The van der Waals surface area contributed by atoms with Gasteiger partial charge in [-0.05, 0) is 55.0 Å². The number of aromatic nitrogens is 2. The molecule has 1 atom stereocenters. The molecule has 2 heterocycles. The largest absolute Gasteiger partial charge is 0.496 e. The fourth-order valence-electron chi connectivity index (χ4n) is 5.22. The summed E-state index contributed by atoms with van der Waals surface area (Å²) in [6.07, 6.45) is 7.20. The molecule has 8 nitrogen and oxygen atoms in total. The summed E-state index contributed by atoms with van der Waals surface area (Å²) in [5, 5.41) is 0. The first-order valence-corrected chi connectivity index (χ1v) is 14.2. The van der Waals surface area contributed by atoms with Crippen LogP contribution in [0, 0.1) is 12.3 Å². The summed E-state index contributed by atoms with van der Waals surface area (Å²) in [4.78, 5) is 21.5. The Balaban J connectivity index is 0.00000387. The monoisotopic (exact) mass is 596 g/mol. The molecule has 4 aromatic rings. The molecule has 1 aliphatic rings. The topological polar surface area (TPSA) is 84.7 Å². The van der Waals surface area contributed by atoms with Crippen molar-refractivity contribution in [3.8, 4) is 18.1 Å². The van der Waals surface area contributed by atoms with Crippen LogP contribution in [-0.4, -0.2) is 66.5 Å². The van der Waals surface area contributed by atoms with Gasteiger partial charge >= 0.3 is 10.2 Å². The Kier molecular flexibility index (Phi) is 9.02. The molecule has 1 aliphatic heterocycles. The molecule has 1 aromatic heterocycles. The van der Waals surface area contributed by atoms with E-state index in [0.29, 0.717) is 49.4 Å². The number of hydrogen-bond donors (Lipinski definition) is 0. The van der Waals surface area contributed by atoms with E-state index in [1.165, 1.54) is 6.07 Å². The summed E-state index contributed by atoms with van der Waals surface area (Å²) >= 11 is 0. The van der Waals surface area contributed by atoms with Gasteiger partial charge in [0.25, 0.3) is 5.91 Å². The fraction of sp³-hybridized carbons (Fsp3) is 0.267. The molecule has 1 amide bonds. The smallest absolute Gasteiger partial charge is 0.332 e. The standard InChI is InChI=1S/C30H29FN4O4S.ClH/c1-4-22-13-23(15-26(14-22)40(31,37)38)18-33-11-12-35(21(2)17-33)30(36)24-9-10-28-27(16-24)32-20-34(28)19-25-7-5-6-8-29(25)39-3;/h1,5-10,13-16,20-21H,11-12,17-19H2,2-3H3;1H/t21-;/m0./s1. The van der Waals surface area contributed by atoms with Crippen molar-refractivity contribution in [2.45, 2.75) is 31.0 Å². The first kappa shape index (κ1) is 30.1. The van der Waals surface area contributed by atoms with Gasteiger partial charge in [-0.25, -0.2) is 4.98 Å². The maximum absolute atomic E-state index is 13.6. The molecule has 0 spiro atoms. The molecule has 1 saturated heterocycles. The molecule has 3 aromatic carbocycles. The molecular formula is C30H30ClFN4O4S. The molecule has 41 heavy (non-hydrogen) atoms. The van der Waals surface area contributed by atoms with Crippen molar-refractivity contribution in [2.24, 2.45) is 0 Å². The van der Waals surface area contributed by atoms with E-state index in [1.54, 1.807) is 19.5 Å². The predicted molar refractivity (Wildman–Crippen MR) is 158 cm³/mol. The van der Waals surface area contributed by atoms with E-state index in [4.69, 9.17) is 11.2 Å². The summed E-state index contributed by atoms with van der Waals surface area (Å²) in [5.41, 5.74) is 4.16. The van der Waals surface area contributed by atoms with Gasteiger partial charge in [-0.3, -0.25) is 9.69 Å². The Morgan fingerprint density at radius 2 is 1.90 bits per heavy atom. The lowest BCUT2D eigenvalue weighted by atomic mass is 10.1. The number of nitrogens with zero attached hydrogens (tertiary/aromatic N) is 4. The number of imidazole rings is 1. The van der Waals surface area contributed by atoms with E-state index in [0.717, 1.165) is 28.4 Å². The first-order chi connectivity index (χ1) is 19.2. The minimum atomic E-state index is -4.87. The van der Waals surface area contributed by atoms with Crippen LogP contribution >= 0.6 is 12.4 Å². The number of halogens is 2. The number of terminal acetylenes is 1. The highest BCUT2D eigenvalue weighted by molar-refractivity contribution is 7.86. The van der Waals surface area contributed by atoms with Crippen LogP contribution in [0.2, 0.25) is 0 Å². The molecule has 0 N–H and O–H groups in total. The molecule has 11 heteroatoms. The minimum absolute atomic E-state index is 0. The normalized spacial score (nSPS) is 15.8. The van der Waals surface area contributed by atoms with Crippen molar-refractivity contribution >= 4 is 39.6 Å². The quantitative estimate of drug-likeness (QED) is 0.231. The van der Waals surface area contributed by atoms with Crippen molar-refractivity contribution in [3.63, 3.8) is 0 Å². The third-order valence-corrected chi connectivity index (χ3v) is 7.99. The minimum Gasteiger partial charge on any atom is -0.496 e. The molecule has 0 bridgehead atoms. The number of ether oxygens (including phenoxy) is 1. The Bertz CT molecular complexity index is 1730. The van der Waals surface area contributed by atoms with Gasteiger partial charge in [0.2, 0.25) is 0 Å². The number of hydrogen-bond acceptors (Lipinski definition) is 6. The molecule has 214 valence electrons. The van der Waals surface area contributed by atoms with Crippen LogP contribution in [-0.2, 0) is 23.3 Å². The Morgan fingerprint density at radius 1 is 1.12 bits per heavy atom. The zero-order valence-electron chi connectivity index (χ0n) is 22.7. The Morgan fingerprint density at radius 3 is 2.61 bits per heavy atom. The van der Waals surface area contributed by atoms with Gasteiger partial charge in [0.05, 0.1) is 31.0 Å². The Hall–Kier alpha value is -3.91. The van der Waals surface area contributed by atoms with Gasteiger partial charge in [0.1, 0.15) is 10.6 Å². The summed E-state index contributed by atoms with van der Waals surface area (Å²) in [6, 6.07) is 17.4. The van der Waals surface area contributed by atoms with Crippen LogP contribution in [0.1, 0.15) is 34.0 Å². The van der Waals surface area contributed by atoms with Crippen LogP contribution in [0.15, 0.2) is 71.9 Å². The molecule has 1 fully saturated rings. The number of piperazine rings is 1. The van der Waals surface area contributed by atoms with Crippen LogP contribution < -0.4 is 4.74 Å². The van der Waals surface area contributed by atoms with Crippen molar-refractivity contribution in [2.75, 3.05) is 26.7 Å². The van der Waals surface area contributed by atoms with Crippen molar-refractivity contribution in [1.82, 2.24) is 19.4 Å². The number of methoxy groups -OCH3 is 1. The van der Waals surface area contributed by atoms with Gasteiger partial charge in [-0.15, -0.1) is 22.7 Å². The summed E-state index contributed by atoms with van der Waals surface area (Å²) < 4.78 is 44.0. The van der Waals surface area contributed by atoms with E-state index in [-0.39, 0.29) is 24.4 Å². The van der Waals surface area contributed by atoms with E-state index in [2.05, 4.69) is 15.8 Å². The molecule has 0 saturated carbocycles. The summed E-state index contributed by atoms with van der Waals surface area (Å²) in [6.45, 7) is 4.59. The van der Waals surface area contributed by atoms with E-state index < -0.39 is 15.1 Å². The second kappa shape index (κ2) is 12.3. The SMILES string of the molecule is C#Cc1cc(CN2CCN(C(=O)c3ccc4c(c3)ncn4Cc3ccccc3OC)[C@@H](C)C2)cc(S(=O)(=O)F)c1.Cl. The van der Waals surface area contributed by atoms with Crippen molar-refractivity contribution < 1.29 is 21.8 Å². The number of carbonyl (C=O) groups is 1. The lowest BCUT2D eigenvalue weighted by Gasteiger charge is -2.40. The number of benzene rings is 3.